The Hall–Kier alpha value is -0.340. The van der Waals surface area contributed by atoms with Gasteiger partial charge in [-0.05, 0) is 6.92 Å². The van der Waals surface area contributed by atoms with Gasteiger partial charge in [0.25, 0.3) is 0 Å². The van der Waals surface area contributed by atoms with Crippen molar-refractivity contribution in [2.24, 2.45) is 9.98 Å². The van der Waals surface area contributed by atoms with E-state index < -0.39 is 0 Å². The lowest BCUT2D eigenvalue weighted by molar-refractivity contribution is 1.47. The summed E-state index contributed by atoms with van der Waals surface area (Å²) in [4.78, 5) is 7.13. The molecule has 0 N–H and O–H groups in total. The highest BCUT2D eigenvalue weighted by molar-refractivity contribution is 6.56. The van der Waals surface area contributed by atoms with Crippen molar-refractivity contribution < 1.29 is 0 Å². The van der Waals surface area contributed by atoms with E-state index in [0.717, 1.165) is 5.67 Å². The van der Waals surface area contributed by atoms with Crippen molar-refractivity contribution in [3.63, 3.8) is 0 Å². The maximum Gasteiger partial charge on any atom is 0.126 e. The molecular formula is C5H6Cl2N2. The molecule has 0 unspecified atom stereocenters. The van der Waals surface area contributed by atoms with Crippen molar-refractivity contribution in [1.82, 2.24) is 0 Å². The molecule has 0 aliphatic carbocycles. The molecule has 4 heteroatoms. The van der Waals surface area contributed by atoms with E-state index >= 15 is 0 Å². The minimum Gasteiger partial charge on any atom is -0.233 e. The Morgan fingerprint density at radius 3 is 2.67 bits per heavy atom. The Labute approximate surface area is 63.9 Å². The second kappa shape index (κ2) is 5.79. The molecule has 0 aromatic rings. The predicted molar refractivity (Wildman–Crippen MR) is 42.4 cm³/mol. The lowest BCUT2D eigenvalue weighted by atomic mass is 10.7. The van der Waals surface area contributed by atoms with Crippen LogP contribution in [0, 0.1) is 0 Å². The summed E-state index contributed by atoms with van der Waals surface area (Å²) in [5.41, 5.74) is 1.11. The number of hydrogen-bond acceptors (Lipinski definition) is 1. The topological polar surface area (TPSA) is 24.7 Å². The molecule has 9 heavy (non-hydrogen) atoms. The molecule has 0 spiro atoms. The Morgan fingerprint density at radius 2 is 2.22 bits per heavy atom. The molecule has 2 nitrogen and oxygen atoms in total. The van der Waals surface area contributed by atoms with Gasteiger partial charge in [-0.1, -0.05) is 29.3 Å². The average Bonchev–Trinajstić information content (AvgIpc) is 1.89. The van der Waals surface area contributed by atoms with Crippen molar-refractivity contribution >= 4 is 35.2 Å². The van der Waals surface area contributed by atoms with Crippen LogP contribution in [0.3, 0.4) is 0 Å². The zero-order valence-electron chi connectivity index (χ0n) is 4.88. The van der Waals surface area contributed by atoms with E-state index in [1.165, 1.54) is 6.34 Å². The predicted octanol–water partition coefficient (Wildman–Crippen LogP) is 2.38. The number of halogens is 2. The summed E-state index contributed by atoms with van der Waals surface area (Å²) in [5, 5.41) is 0.400. The largest absolute Gasteiger partial charge is 0.233 e. The molecule has 0 fully saturated rings. The first-order valence-corrected chi connectivity index (χ1v) is 3.09. The van der Waals surface area contributed by atoms with Gasteiger partial charge in [-0.3, -0.25) is 0 Å². The molecule has 0 aliphatic rings. The van der Waals surface area contributed by atoms with Crippen molar-refractivity contribution in [2.45, 2.75) is 6.92 Å². The van der Waals surface area contributed by atoms with Crippen LogP contribution in [-0.4, -0.2) is 12.0 Å². The second-order valence-electron chi connectivity index (χ2n) is 1.10. The van der Waals surface area contributed by atoms with E-state index in [9.17, 15) is 0 Å². The highest BCUT2D eigenvalue weighted by Gasteiger charge is 1.76. The molecule has 0 atom stereocenters. The maximum atomic E-state index is 5.45. The lowest BCUT2D eigenvalue weighted by Crippen LogP contribution is -1.65. The minimum atomic E-state index is 0.400. The van der Waals surface area contributed by atoms with E-state index in [1.54, 1.807) is 13.0 Å². The zero-order valence-corrected chi connectivity index (χ0v) is 6.39. The Balaban J connectivity index is 3.71. The average molecular weight is 165 g/mol. The van der Waals surface area contributed by atoms with Gasteiger partial charge in [-0.25, -0.2) is 9.98 Å². The molecule has 0 aromatic heterocycles. The number of aliphatic imine (C=N–C) groups is 2. The van der Waals surface area contributed by atoms with Gasteiger partial charge in [-0.2, -0.15) is 0 Å². The molecule has 0 aromatic carbocycles. The van der Waals surface area contributed by atoms with E-state index in [1.807, 2.05) is 0 Å². The van der Waals surface area contributed by atoms with Crippen molar-refractivity contribution in [2.75, 3.05) is 0 Å². The third-order valence-corrected chi connectivity index (χ3v) is 0.971. The van der Waals surface area contributed by atoms with Crippen molar-refractivity contribution in [3.05, 3.63) is 11.2 Å². The fraction of sp³-hybridized carbons (Fsp3) is 0.200. The number of hydrogen-bond donors (Lipinski definition) is 0. The van der Waals surface area contributed by atoms with E-state index in [-0.39, 0.29) is 0 Å². The Bertz CT molecular complexity index is 149. The van der Waals surface area contributed by atoms with Gasteiger partial charge >= 0.3 is 0 Å². The van der Waals surface area contributed by atoms with Crippen LogP contribution in [0.25, 0.3) is 0 Å². The molecule has 0 saturated carbocycles. The van der Waals surface area contributed by atoms with Gasteiger partial charge in [0.2, 0.25) is 0 Å². The molecule has 0 rings (SSSR count). The molecule has 0 bridgehead atoms. The second-order valence-corrected chi connectivity index (χ2v) is 1.69. The highest BCUT2D eigenvalue weighted by Crippen LogP contribution is 1.99. The molecule has 0 radical (unpaired) electrons. The van der Waals surface area contributed by atoms with Crippen LogP contribution in [0.4, 0.5) is 0 Å². The Morgan fingerprint density at radius 1 is 1.56 bits per heavy atom. The van der Waals surface area contributed by atoms with E-state index in [4.69, 9.17) is 23.2 Å². The Kier molecular flexibility index (Phi) is 5.57. The molecule has 0 aliphatic heterocycles. The van der Waals surface area contributed by atoms with Gasteiger partial charge in [-0.15, -0.1) is 0 Å². The summed E-state index contributed by atoms with van der Waals surface area (Å²) in [5.74, 6) is 0. The van der Waals surface area contributed by atoms with Crippen LogP contribution in [0.1, 0.15) is 6.92 Å². The first-order valence-electron chi connectivity index (χ1n) is 2.27. The number of rotatable bonds is 2. The first kappa shape index (κ1) is 8.66. The van der Waals surface area contributed by atoms with Gasteiger partial charge < -0.3 is 0 Å². The highest BCUT2D eigenvalue weighted by atomic mass is 35.5. The van der Waals surface area contributed by atoms with Gasteiger partial charge in [0.1, 0.15) is 11.5 Å². The monoisotopic (exact) mass is 164 g/mol. The summed E-state index contributed by atoms with van der Waals surface area (Å²) in [6.07, 6.45) is 2.93. The summed E-state index contributed by atoms with van der Waals surface area (Å²) in [6.45, 7) is 1.78. The summed E-state index contributed by atoms with van der Waals surface area (Å²) in [6, 6.07) is 0. The fourth-order valence-corrected chi connectivity index (χ4v) is 0.282. The zero-order chi connectivity index (χ0) is 7.11. The molecule has 0 saturated heterocycles. The fourth-order valence-electron chi connectivity index (χ4n) is 0.188. The smallest absolute Gasteiger partial charge is 0.126 e. The quantitative estimate of drug-likeness (QED) is 0.341. The summed E-state index contributed by atoms with van der Waals surface area (Å²) < 4.78 is 0. The van der Waals surface area contributed by atoms with Crippen molar-refractivity contribution in [1.29, 1.82) is 0 Å². The molecule has 0 amide bonds. The summed E-state index contributed by atoms with van der Waals surface area (Å²) >= 11 is 10.5. The van der Waals surface area contributed by atoms with E-state index in [0.29, 0.717) is 5.16 Å². The van der Waals surface area contributed by atoms with Gasteiger partial charge in [0, 0.05) is 0 Å². The summed E-state index contributed by atoms with van der Waals surface area (Å²) in [7, 11) is 0. The van der Waals surface area contributed by atoms with Crippen LogP contribution in [0.2, 0.25) is 0 Å². The van der Waals surface area contributed by atoms with Crippen LogP contribution in [0.15, 0.2) is 21.2 Å². The van der Waals surface area contributed by atoms with Gasteiger partial charge in [0.15, 0.2) is 0 Å². The van der Waals surface area contributed by atoms with E-state index in [2.05, 4.69) is 9.98 Å². The number of nitrogens with zero attached hydrogens (tertiary/aromatic N) is 2. The standard InChI is InChI=1S/C5H6Cl2N2/c1-2-5(7)9-4-8-3-6/h2-4H,1H3/b5-2-,8-3+,9-4-. The van der Waals surface area contributed by atoms with Crippen LogP contribution in [0.5, 0.6) is 0 Å². The normalized spacial score (nSPS) is 13.9. The van der Waals surface area contributed by atoms with Crippen LogP contribution < -0.4 is 0 Å². The third kappa shape index (κ3) is 5.53. The van der Waals surface area contributed by atoms with Crippen LogP contribution >= 0.6 is 23.2 Å². The molecular weight excluding hydrogens is 159 g/mol. The van der Waals surface area contributed by atoms with Gasteiger partial charge in [0.05, 0.1) is 5.67 Å². The number of allylic oxidation sites excluding steroid dienone is 1. The lowest BCUT2D eigenvalue weighted by Gasteiger charge is -1.79. The molecule has 0 heterocycles. The maximum absolute atomic E-state index is 5.45. The molecule has 50 valence electrons. The minimum absolute atomic E-state index is 0.400. The third-order valence-electron chi connectivity index (χ3n) is 0.542. The SMILES string of the molecule is C\C=C(Cl)/N=C\N=C\Cl. The van der Waals surface area contributed by atoms with Crippen molar-refractivity contribution in [3.8, 4) is 0 Å². The first-order chi connectivity index (χ1) is 4.31. The van der Waals surface area contributed by atoms with Crippen LogP contribution in [-0.2, 0) is 0 Å².